The molecule has 168 valence electrons. The summed E-state index contributed by atoms with van der Waals surface area (Å²) in [5.41, 5.74) is 2.46. The summed E-state index contributed by atoms with van der Waals surface area (Å²) in [4.78, 5) is 29.1. The Labute approximate surface area is 186 Å². The lowest BCUT2D eigenvalue weighted by atomic mass is 10.2. The minimum atomic E-state index is -1.11. The summed E-state index contributed by atoms with van der Waals surface area (Å²) in [6, 6.07) is 16.4. The summed E-state index contributed by atoms with van der Waals surface area (Å²) in [5, 5.41) is 9.17. The van der Waals surface area contributed by atoms with Gasteiger partial charge in [0, 0.05) is 19.9 Å². The van der Waals surface area contributed by atoms with Crippen molar-refractivity contribution in [2.24, 2.45) is 0 Å². The van der Waals surface area contributed by atoms with Crippen molar-refractivity contribution < 1.29 is 28.6 Å². The van der Waals surface area contributed by atoms with Gasteiger partial charge in [-0.15, -0.1) is 0 Å². The largest absolute Gasteiger partial charge is 0.493 e. The Balaban J connectivity index is 1.53. The van der Waals surface area contributed by atoms with Gasteiger partial charge in [0.25, 0.3) is 0 Å². The molecule has 0 aliphatic rings. The van der Waals surface area contributed by atoms with Crippen molar-refractivity contribution in [2.75, 3.05) is 13.2 Å². The zero-order valence-electron chi connectivity index (χ0n) is 18.1. The molecule has 0 spiro atoms. The molecule has 0 aliphatic carbocycles. The first kappa shape index (κ1) is 22.9. The number of ether oxygens (including phenoxy) is 2. The van der Waals surface area contributed by atoms with Crippen LogP contribution in [-0.2, 0) is 29.1 Å². The van der Waals surface area contributed by atoms with Gasteiger partial charge in [-0.3, -0.25) is 9.69 Å². The lowest BCUT2D eigenvalue weighted by Crippen LogP contribution is -2.35. The van der Waals surface area contributed by atoms with Gasteiger partial charge in [-0.1, -0.05) is 42.5 Å². The van der Waals surface area contributed by atoms with Gasteiger partial charge < -0.3 is 19.0 Å². The van der Waals surface area contributed by atoms with Crippen LogP contribution in [0.15, 0.2) is 59.0 Å². The van der Waals surface area contributed by atoms with E-state index in [1.807, 2.05) is 37.3 Å². The van der Waals surface area contributed by atoms with Crippen LogP contribution in [0.2, 0.25) is 0 Å². The summed E-state index contributed by atoms with van der Waals surface area (Å²) >= 11 is 0. The smallest absolute Gasteiger partial charge is 0.410 e. The first-order valence-corrected chi connectivity index (χ1v) is 10.2. The Bertz CT molecular complexity index is 1030. The molecule has 1 aromatic heterocycles. The number of hydrogen-bond donors (Lipinski definition) is 1. The van der Waals surface area contributed by atoms with Crippen LogP contribution in [-0.4, -0.2) is 40.2 Å². The van der Waals surface area contributed by atoms with Crippen molar-refractivity contribution in [3.63, 3.8) is 0 Å². The summed E-state index contributed by atoms with van der Waals surface area (Å²) < 4.78 is 16.4. The number of aliphatic carboxylic acids is 1. The standard InChI is InChI=1S/C24H26N2O6/c1-17-22(25-18(2)32-17)12-13-30-21-10-8-19(9-11-21)14-26(15-23(27)28)24(29)31-16-20-6-4-3-5-7-20/h3-11H,12-16H2,1-2H3,(H,27,28). The molecule has 3 aromatic rings. The molecule has 0 radical (unpaired) electrons. The van der Waals surface area contributed by atoms with E-state index in [1.165, 1.54) is 0 Å². The SMILES string of the molecule is Cc1nc(CCOc2ccc(CN(CC(=O)O)C(=O)OCc3ccccc3)cc2)c(C)o1. The quantitative estimate of drug-likeness (QED) is 0.508. The van der Waals surface area contributed by atoms with E-state index >= 15 is 0 Å². The Morgan fingerprint density at radius 1 is 1.03 bits per heavy atom. The highest BCUT2D eigenvalue weighted by atomic mass is 16.6. The summed E-state index contributed by atoms with van der Waals surface area (Å²) in [6.45, 7) is 3.86. The molecule has 1 heterocycles. The lowest BCUT2D eigenvalue weighted by molar-refractivity contribution is -0.138. The molecule has 2 aromatic carbocycles. The van der Waals surface area contributed by atoms with E-state index in [2.05, 4.69) is 4.98 Å². The molecule has 8 heteroatoms. The average molecular weight is 438 g/mol. The molecule has 3 rings (SSSR count). The van der Waals surface area contributed by atoms with Crippen LogP contribution in [0.5, 0.6) is 5.75 Å². The number of amides is 1. The molecule has 32 heavy (non-hydrogen) atoms. The van der Waals surface area contributed by atoms with Crippen LogP contribution in [0, 0.1) is 13.8 Å². The summed E-state index contributed by atoms with van der Waals surface area (Å²) in [6.07, 6.45) is -0.0558. The van der Waals surface area contributed by atoms with Crippen LogP contribution in [0.3, 0.4) is 0 Å². The van der Waals surface area contributed by atoms with Crippen LogP contribution < -0.4 is 4.74 Å². The number of aryl methyl sites for hydroxylation is 2. The van der Waals surface area contributed by atoms with Gasteiger partial charge in [-0.05, 0) is 30.2 Å². The van der Waals surface area contributed by atoms with Crippen molar-refractivity contribution in [3.05, 3.63) is 83.1 Å². The highest BCUT2D eigenvalue weighted by Crippen LogP contribution is 2.16. The number of carboxylic acids is 1. The molecule has 0 saturated heterocycles. The fourth-order valence-electron chi connectivity index (χ4n) is 3.14. The Morgan fingerprint density at radius 2 is 1.75 bits per heavy atom. The van der Waals surface area contributed by atoms with Crippen molar-refractivity contribution in [1.82, 2.24) is 9.88 Å². The molecular formula is C24H26N2O6. The third-order valence-electron chi connectivity index (χ3n) is 4.69. The Kier molecular flexibility index (Phi) is 7.85. The van der Waals surface area contributed by atoms with Crippen LogP contribution >= 0.6 is 0 Å². The molecule has 0 fully saturated rings. The molecule has 8 nitrogen and oxygen atoms in total. The Hall–Kier alpha value is -3.81. The van der Waals surface area contributed by atoms with Crippen LogP contribution in [0.4, 0.5) is 4.79 Å². The highest BCUT2D eigenvalue weighted by Gasteiger charge is 2.19. The third-order valence-corrected chi connectivity index (χ3v) is 4.69. The van der Waals surface area contributed by atoms with E-state index < -0.39 is 18.6 Å². The monoisotopic (exact) mass is 438 g/mol. The predicted octanol–water partition coefficient (Wildman–Crippen LogP) is 4.14. The Morgan fingerprint density at radius 3 is 2.38 bits per heavy atom. The number of rotatable bonds is 10. The molecule has 0 atom stereocenters. The van der Waals surface area contributed by atoms with E-state index in [0.29, 0.717) is 24.7 Å². The minimum absolute atomic E-state index is 0.0765. The molecule has 1 N–H and O–H groups in total. The van der Waals surface area contributed by atoms with Crippen molar-refractivity contribution in [2.45, 2.75) is 33.4 Å². The maximum absolute atomic E-state index is 12.4. The second-order valence-corrected chi connectivity index (χ2v) is 7.27. The number of benzene rings is 2. The van der Waals surface area contributed by atoms with Gasteiger partial charge >= 0.3 is 12.1 Å². The molecule has 0 unspecified atom stereocenters. The normalized spacial score (nSPS) is 10.6. The second-order valence-electron chi connectivity index (χ2n) is 7.27. The third kappa shape index (κ3) is 6.87. The number of carbonyl (C=O) groups excluding carboxylic acids is 1. The first-order chi connectivity index (χ1) is 15.4. The van der Waals surface area contributed by atoms with Gasteiger partial charge in [0.05, 0.1) is 12.3 Å². The average Bonchev–Trinajstić information content (AvgIpc) is 3.10. The van der Waals surface area contributed by atoms with Gasteiger partial charge in [0.15, 0.2) is 5.89 Å². The van der Waals surface area contributed by atoms with E-state index in [-0.39, 0.29) is 13.2 Å². The number of carbonyl (C=O) groups is 2. The number of hydrogen-bond acceptors (Lipinski definition) is 6. The van der Waals surface area contributed by atoms with Gasteiger partial charge in [0.2, 0.25) is 0 Å². The zero-order chi connectivity index (χ0) is 22.9. The van der Waals surface area contributed by atoms with Crippen molar-refractivity contribution >= 4 is 12.1 Å². The highest BCUT2D eigenvalue weighted by molar-refractivity contribution is 5.76. The molecule has 0 bridgehead atoms. The summed E-state index contributed by atoms with van der Waals surface area (Å²) in [5.74, 6) is 0.984. The zero-order valence-corrected chi connectivity index (χ0v) is 18.1. The number of oxazole rings is 1. The summed E-state index contributed by atoms with van der Waals surface area (Å²) in [7, 11) is 0. The number of nitrogens with zero attached hydrogens (tertiary/aromatic N) is 2. The number of aromatic nitrogens is 1. The van der Waals surface area contributed by atoms with E-state index in [1.54, 1.807) is 31.2 Å². The van der Waals surface area contributed by atoms with Crippen molar-refractivity contribution in [1.29, 1.82) is 0 Å². The molecule has 0 saturated carbocycles. The predicted molar refractivity (Wildman–Crippen MR) is 116 cm³/mol. The minimum Gasteiger partial charge on any atom is -0.493 e. The number of carboxylic acid groups (broad SMARTS) is 1. The van der Waals surface area contributed by atoms with E-state index in [9.17, 15) is 14.7 Å². The fraction of sp³-hybridized carbons (Fsp3) is 0.292. The van der Waals surface area contributed by atoms with E-state index in [0.717, 1.165) is 27.5 Å². The van der Waals surface area contributed by atoms with Gasteiger partial charge in [0.1, 0.15) is 24.7 Å². The molecular weight excluding hydrogens is 412 g/mol. The van der Waals surface area contributed by atoms with Crippen molar-refractivity contribution in [3.8, 4) is 5.75 Å². The van der Waals surface area contributed by atoms with Crippen LogP contribution in [0.25, 0.3) is 0 Å². The van der Waals surface area contributed by atoms with Crippen LogP contribution in [0.1, 0.15) is 28.5 Å². The van der Waals surface area contributed by atoms with Gasteiger partial charge in [-0.2, -0.15) is 0 Å². The maximum atomic E-state index is 12.4. The topological polar surface area (TPSA) is 102 Å². The second kappa shape index (κ2) is 11.0. The van der Waals surface area contributed by atoms with E-state index in [4.69, 9.17) is 13.9 Å². The molecule has 1 amide bonds. The lowest BCUT2D eigenvalue weighted by Gasteiger charge is -2.20. The fourth-order valence-corrected chi connectivity index (χ4v) is 3.14. The maximum Gasteiger partial charge on any atom is 0.410 e. The first-order valence-electron chi connectivity index (χ1n) is 10.2. The molecule has 0 aliphatic heterocycles. The van der Waals surface area contributed by atoms with Gasteiger partial charge in [-0.25, -0.2) is 9.78 Å².